The van der Waals surface area contributed by atoms with Gasteiger partial charge < -0.3 is 14.8 Å². The maximum Gasteiger partial charge on any atom is 0.251 e. The number of methoxy groups -OCH3 is 2. The first-order chi connectivity index (χ1) is 10.5. The summed E-state index contributed by atoms with van der Waals surface area (Å²) in [5.74, 6) is 1.03. The number of hydrogen-bond donors (Lipinski definition) is 1. The Kier molecular flexibility index (Phi) is 5.52. The second-order valence-electron chi connectivity index (χ2n) is 4.50. The van der Waals surface area contributed by atoms with Crippen LogP contribution in [0, 0.1) is 0 Å². The van der Waals surface area contributed by atoms with Crippen molar-refractivity contribution in [2.45, 2.75) is 6.54 Å². The average Bonchev–Trinajstić information content (AvgIpc) is 2.54. The standard InChI is InChI=1S/C16H15Cl2NO3/c1-21-14-6-3-10(7-15(14)22-2)9-19-16(20)11-4-5-12(17)13(18)8-11/h3-8H,9H2,1-2H3,(H,19,20). The molecule has 0 fully saturated rings. The fourth-order valence-electron chi connectivity index (χ4n) is 1.91. The summed E-state index contributed by atoms with van der Waals surface area (Å²) in [7, 11) is 3.14. The lowest BCUT2D eigenvalue weighted by Crippen LogP contribution is -2.22. The van der Waals surface area contributed by atoms with Gasteiger partial charge in [-0.3, -0.25) is 4.79 Å². The molecule has 0 saturated heterocycles. The molecule has 2 aromatic carbocycles. The van der Waals surface area contributed by atoms with Crippen LogP contribution in [-0.2, 0) is 6.54 Å². The maximum absolute atomic E-state index is 12.1. The molecule has 0 unspecified atom stereocenters. The second-order valence-corrected chi connectivity index (χ2v) is 5.32. The molecule has 2 rings (SSSR count). The number of hydrogen-bond acceptors (Lipinski definition) is 3. The molecule has 0 aliphatic heterocycles. The van der Waals surface area contributed by atoms with Gasteiger partial charge in [0.15, 0.2) is 11.5 Å². The van der Waals surface area contributed by atoms with Crippen molar-refractivity contribution in [3.63, 3.8) is 0 Å². The van der Waals surface area contributed by atoms with Gasteiger partial charge in [-0.1, -0.05) is 29.3 Å². The van der Waals surface area contributed by atoms with E-state index in [2.05, 4.69) is 5.32 Å². The average molecular weight is 340 g/mol. The van der Waals surface area contributed by atoms with Crippen molar-refractivity contribution in [2.75, 3.05) is 14.2 Å². The van der Waals surface area contributed by atoms with Crippen LogP contribution in [-0.4, -0.2) is 20.1 Å². The first kappa shape index (κ1) is 16.5. The minimum Gasteiger partial charge on any atom is -0.493 e. The summed E-state index contributed by atoms with van der Waals surface area (Å²) < 4.78 is 10.4. The van der Waals surface area contributed by atoms with Crippen LogP contribution < -0.4 is 14.8 Å². The summed E-state index contributed by atoms with van der Waals surface area (Å²) in [5.41, 5.74) is 1.35. The number of amides is 1. The minimum atomic E-state index is -0.228. The van der Waals surface area contributed by atoms with Crippen LogP contribution in [0.15, 0.2) is 36.4 Å². The van der Waals surface area contributed by atoms with Crippen molar-refractivity contribution in [3.05, 3.63) is 57.6 Å². The molecule has 1 N–H and O–H groups in total. The summed E-state index contributed by atoms with van der Waals surface area (Å²) >= 11 is 11.7. The van der Waals surface area contributed by atoms with E-state index < -0.39 is 0 Å². The van der Waals surface area contributed by atoms with Crippen molar-refractivity contribution >= 4 is 29.1 Å². The van der Waals surface area contributed by atoms with E-state index in [-0.39, 0.29) is 5.91 Å². The third kappa shape index (κ3) is 3.84. The first-order valence-corrected chi connectivity index (χ1v) is 7.25. The number of nitrogens with one attached hydrogen (secondary N) is 1. The first-order valence-electron chi connectivity index (χ1n) is 6.49. The summed E-state index contributed by atoms with van der Waals surface area (Å²) in [5, 5.41) is 3.58. The minimum absolute atomic E-state index is 0.228. The lowest BCUT2D eigenvalue weighted by molar-refractivity contribution is 0.0951. The molecule has 4 nitrogen and oxygen atoms in total. The number of rotatable bonds is 5. The normalized spacial score (nSPS) is 10.2. The molecule has 0 aliphatic carbocycles. The van der Waals surface area contributed by atoms with E-state index in [4.69, 9.17) is 32.7 Å². The largest absolute Gasteiger partial charge is 0.493 e. The van der Waals surface area contributed by atoms with Crippen LogP contribution in [0.25, 0.3) is 0 Å². The summed E-state index contributed by atoms with van der Waals surface area (Å²) in [4.78, 5) is 12.1. The molecule has 116 valence electrons. The fourth-order valence-corrected chi connectivity index (χ4v) is 2.21. The highest BCUT2D eigenvalue weighted by Crippen LogP contribution is 2.27. The molecule has 0 bridgehead atoms. The van der Waals surface area contributed by atoms with Gasteiger partial charge in [0.2, 0.25) is 0 Å². The molecule has 0 radical (unpaired) electrons. The molecular weight excluding hydrogens is 325 g/mol. The monoisotopic (exact) mass is 339 g/mol. The van der Waals surface area contributed by atoms with Gasteiger partial charge in [0.1, 0.15) is 0 Å². The molecule has 6 heteroatoms. The predicted molar refractivity (Wildman–Crippen MR) is 87.2 cm³/mol. The number of carbonyl (C=O) groups is 1. The Hall–Kier alpha value is -1.91. The second kappa shape index (κ2) is 7.38. The molecule has 0 heterocycles. The summed E-state index contributed by atoms with van der Waals surface area (Å²) in [6.45, 7) is 0.361. The molecule has 22 heavy (non-hydrogen) atoms. The Morgan fingerprint density at radius 2 is 1.73 bits per heavy atom. The van der Waals surface area contributed by atoms with Crippen molar-refractivity contribution in [1.82, 2.24) is 5.32 Å². The van der Waals surface area contributed by atoms with Gasteiger partial charge in [0.25, 0.3) is 5.91 Å². The molecule has 0 saturated carbocycles. The van der Waals surface area contributed by atoms with E-state index in [0.717, 1.165) is 5.56 Å². The quantitative estimate of drug-likeness (QED) is 0.897. The maximum atomic E-state index is 12.1. The fraction of sp³-hybridized carbons (Fsp3) is 0.188. The van der Waals surface area contributed by atoms with Crippen LogP contribution >= 0.6 is 23.2 Å². The van der Waals surface area contributed by atoms with Gasteiger partial charge in [0, 0.05) is 12.1 Å². The molecule has 2 aromatic rings. The highest BCUT2D eigenvalue weighted by Gasteiger charge is 2.09. The highest BCUT2D eigenvalue weighted by atomic mass is 35.5. The molecule has 0 aromatic heterocycles. The third-order valence-electron chi connectivity index (χ3n) is 3.08. The van der Waals surface area contributed by atoms with Crippen molar-refractivity contribution < 1.29 is 14.3 Å². The lowest BCUT2D eigenvalue weighted by atomic mass is 10.1. The van der Waals surface area contributed by atoms with Crippen molar-refractivity contribution in [3.8, 4) is 11.5 Å². The Labute approximate surface area is 138 Å². The van der Waals surface area contributed by atoms with Gasteiger partial charge in [-0.15, -0.1) is 0 Å². The molecular formula is C16H15Cl2NO3. The van der Waals surface area contributed by atoms with E-state index in [1.165, 1.54) is 6.07 Å². The van der Waals surface area contributed by atoms with Crippen LogP contribution in [0.5, 0.6) is 11.5 Å². The Morgan fingerprint density at radius 1 is 1.00 bits per heavy atom. The van der Waals surface area contributed by atoms with Crippen LogP contribution in [0.1, 0.15) is 15.9 Å². The van der Waals surface area contributed by atoms with Gasteiger partial charge in [-0.2, -0.15) is 0 Å². The van der Waals surface area contributed by atoms with Crippen molar-refractivity contribution in [2.24, 2.45) is 0 Å². The predicted octanol–water partition coefficient (Wildman–Crippen LogP) is 3.94. The molecule has 1 amide bonds. The molecule has 0 spiro atoms. The Morgan fingerprint density at radius 3 is 2.36 bits per heavy atom. The van der Waals surface area contributed by atoms with E-state index in [0.29, 0.717) is 33.7 Å². The van der Waals surface area contributed by atoms with Gasteiger partial charge in [-0.05, 0) is 35.9 Å². The van der Waals surface area contributed by atoms with E-state index in [1.807, 2.05) is 12.1 Å². The van der Waals surface area contributed by atoms with Crippen LogP contribution in [0.2, 0.25) is 10.0 Å². The van der Waals surface area contributed by atoms with Gasteiger partial charge in [-0.25, -0.2) is 0 Å². The lowest BCUT2D eigenvalue weighted by Gasteiger charge is -2.10. The van der Waals surface area contributed by atoms with E-state index in [1.54, 1.807) is 32.4 Å². The molecule has 0 atom stereocenters. The topological polar surface area (TPSA) is 47.6 Å². The number of carbonyl (C=O) groups excluding carboxylic acids is 1. The molecule has 0 aliphatic rings. The Balaban J connectivity index is 2.06. The van der Waals surface area contributed by atoms with E-state index in [9.17, 15) is 4.79 Å². The van der Waals surface area contributed by atoms with Crippen LogP contribution in [0.4, 0.5) is 0 Å². The number of ether oxygens (including phenoxy) is 2. The highest BCUT2D eigenvalue weighted by molar-refractivity contribution is 6.42. The van der Waals surface area contributed by atoms with Gasteiger partial charge in [0.05, 0.1) is 24.3 Å². The zero-order chi connectivity index (χ0) is 16.1. The SMILES string of the molecule is COc1ccc(CNC(=O)c2ccc(Cl)c(Cl)c2)cc1OC. The smallest absolute Gasteiger partial charge is 0.251 e. The Bertz CT molecular complexity index is 689. The van der Waals surface area contributed by atoms with E-state index >= 15 is 0 Å². The van der Waals surface area contributed by atoms with Crippen LogP contribution in [0.3, 0.4) is 0 Å². The summed E-state index contributed by atoms with van der Waals surface area (Å²) in [6.07, 6.45) is 0. The number of benzene rings is 2. The number of halogens is 2. The zero-order valence-corrected chi connectivity index (χ0v) is 13.7. The van der Waals surface area contributed by atoms with Crippen molar-refractivity contribution in [1.29, 1.82) is 0 Å². The summed E-state index contributed by atoms with van der Waals surface area (Å²) in [6, 6.07) is 10.2. The zero-order valence-electron chi connectivity index (χ0n) is 12.2. The third-order valence-corrected chi connectivity index (χ3v) is 3.82. The van der Waals surface area contributed by atoms with Gasteiger partial charge >= 0.3 is 0 Å².